The Balaban J connectivity index is 1.69. The van der Waals surface area contributed by atoms with Gasteiger partial charge in [-0.3, -0.25) is 4.79 Å². The van der Waals surface area contributed by atoms with Crippen molar-refractivity contribution in [1.82, 2.24) is 9.55 Å². The second-order valence-electron chi connectivity index (χ2n) is 6.44. The fraction of sp³-hybridized carbons (Fsp3) is 0.368. The number of aromatic nitrogens is 2. The average Bonchev–Trinajstić information content (AvgIpc) is 3.05. The standard InChI is InChI=1S/C19H20N2O/c1-12-15-5-3-4-6-17(15)18-16(12)8-7-14(19(18)22)11-21-10-9-20-13(21)2/h3-6,9-10,12,14H,7-8,11H2,1-2H3. The van der Waals surface area contributed by atoms with E-state index in [9.17, 15) is 4.79 Å². The first-order valence-corrected chi connectivity index (χ1v) is 8.01. The molecule has 0 spiro atoms. The lowest BCUT2D eigenvalue weighted by molar-refractivity contribution is -0.118. The number of benzene rings is 1. The van der Waals surface area contributed by atoms with Crippen molar-refractivity contribution in [3.05, 3.63) is 59.2 Å². The summed E-state index contributed by atoms with van der Waals surface area (Å²) in [5, 5.41) is 0. The third kappa shape index (κ3) is 1.88. The van der Waals surface area contributed by atoms with Crippen LogP contribution < -0.4 is 0 Å². The van der Waals surface area contributed by atoms with E-state index in [4.69, 9.17) is 0 Å². The highest BCUT2D eigenvalue weighted by molar-refractivity contribution is 6.25. The van der Waals surface area contributed by atoms with Gasteiger partial charge < -0.3 is 4.57 Å². The summed E-state index contributed by atoms with van der Waals surface area (Å²) in [6.45, 7) is 4.97. The molecule has 2 aromatic rings. The molecule has 22 heavy (non-hydrogen) atoms. The highest BCUT2D eigenvalue weighted by Gasteiger charge is 2.38. The van der Waals surface area contributed by atoms with Crippen LogP contribution in [0.1, 0.15) is 42.6 Å². The first-order chi connectivity index (χ1) is 10.7. The van der Waals surface area contributed by atoms with E-state index in [0.717, 1.165) is 30.8 Å². The largest absolute Gasteiger partial charge is 0.334 e. The van der Waals surface area contributed by atoms with Crippen molar-refractivity contribution in [3.8, 4) is 0 Å². The van der Waals surface area contributed by atoms with Gasteiger partial charge in [0, 0.05) is 36.3 Å². The molecule has 0 N–H and O–H groups in total. The minimum atomic E-state index is 0.0741. The number of Topliss-reactive ketones (excluding diaryl/α,β-unsaturated/α-hetero) is 1. The molecule has 0 radical (unpaired) electrons. The summed E-state index contributed by atoms with van der Waals surface area (Å²) in [7, 11) is 0. The van der Waals surface area contributed by atoms with E-state index in [2.05, 4.69) is 34.7 Å². The number of carbonyl (C=O) groups excluding carboxylic acids is 1. The van der Waals surface area contributed by atoms with Crippen LogP contribution in [0.15, 0.2) is 42.2 Å². The fourth-order valence-electron chi connectivity index (χ4n) is 3.99. The Hall–Kier alpha value is -2.16. The zero-order valence-corrected chi connectivity index (χ0v) is 13.0. The lowest BCUT2D eigenvalue weighted by Crippen LogP contribution is -2.25. The van der Waals surface area contributed by atoms with Crippen LogP contribution in [0, 0.1) is 12.8 Å². The summed E-state index contributed by atoms with van der Waals surface area (Å²) < 4.78 is 2.10. The Morgan fingerprint density at radius 2 is 2.14 bits per heavy atom. The summed E-state index contributed by atoms with van der Waals surface area (Å²) in [6.07, 6.45) is 5.76. The van der Waals surface area contributed by atoms with Gasteiger partial charge in [-0.1, -0.05) is 36.8 Å². The molecule has 2 aliphatic rings. The van der Waals surface area contributed by atoms with Gasteiger partial charge in [-0.25, -0.2) is 4.98 Å². The predicted molar refractivity (Wildman–Crippen MR) is 86.5 cm³/mol. The van der Waals surface area contributed by atoms with E-state index < -0.39 is 0 Å². The Morgan fingerprint density at radius 3 is 2.91 bits per heavy atom. The Morgan fingerprint density at radius 1 is 1.32 bits per heavy atom. The van der Waals surface area contributed by atoms with Crippen LogP contribution in [0.5, 0.6) is 0 Å². The SMILES string of the molecule is Cc1nccn1CC1CCC2=C(C1=O)c1ccccc1C2C. The number of nitrogens with zero attached hydrogens (tertiary/aromatic N) is 2. The maximum Gasteiger partial charge on any atom is 0.168 e. The first kappa shape index (κ1) is 13.5. The van der Waals surface area contributed by atoms with Crippen molar-refractivity contribution in [2.24, 2.45) is 5.92 Å². The van der Waals surface area contributed by atoms with Gasteiger partial charge in [0.05, 0.1) is 0 Å². The van der Waals surface area contributed by atoms with Crippen LogP contribution >= 0.6 is 0 Å². The zero-order chi connectivity index (χ0) is 15.3. The first-order valence-electron chi connectivity index (χ1n) is 8.01. The van der Waals surface area contributed by atoms with E-state index in [1.807, 2.05) is 19.2 Å². The van der Waals surface area contributed by atoms with E-state index in [1.165, 1.54) is 16.7 Å². The number of ketones is 1. The molecular formula is C19H20N2O. The molecule has 0 saturated heterocycles. The van der Waals surface area contributed by atoms with Crippen LogP contribution in [-0.4, -0.2) is 15.3 Å². The molecule has 0 saturated carbocycles. The van der Waals surface area contributed by atoms with Crippen molar-refractivity contribution < 1.29 is 4.79 Å². The topological polar surface area (TPSA) is 34.9 Å². The van der Waals surface area contributed by atoms with E-state index >= 15 is 0 Å². The third-order valence-corrected chi connectivity index (χ3v) is 5.26. The van der Waals surface area contributed by atoms with E-state index in [0.29, 0.717) is 11.7 Å². The predicted octanol–water partition coefficient (Wildman–Crippen LogP) is 3.74. The molecule has 2 atom stereocenters. The maximum absolute atomic E-state index is 13.1. The second kappa shape index (κ2) is 4.94. The van der Waals surface area contributed by atoms with Crippen molar-refractivity contribution in [2.45, 2.75) is 39.2 Å². The fourth-order valence-corrected chi connectivity index (χ4v) is 3.99. The lowest BCUT2D eigenvalue weighted by atomic mass is 9.81. The van der Waals surface area contributed by atoms with Crippen LogP contribution in [0.25, 0.3) is 5.57 Å². The van der Waals surface area contributed by atoms with Gasteiger partial charge in [-0.15, -0.1) is 0 Å². The molecule has 1 heterocycles. The molecule has 3 nitrogen and oxygen atoms in total. The number of hydrogen-bond acceptors (Lipinski definition) is 2. The molecule has 2 aliphatic carbocycles. The third-order valence-electron chi connectivity index (χ3n) is 5.26. The number of fused-ring (bicyclic) bond motifs is 2. The molecule has 3 heteroatoms. The summed E-state index contributed by atoms with van der Waals surface area (Å²) in [5.74, 6) is 1.77. The molecule has 4 rings (SSSR count). The van der Waals surface area contributed by atoms with Gasteiger partial charge in [-0.05, 0) is 30.9 Å². The van der Waals surface area contributed by atoms with Crippen molar-refractivity contribution in [1.29, 1.82) is 0 Å². The number of carbonyl (C=O) groups is 1. The molecule has 0 fully saturated rings. The number of aryl methyl sites for hydroxylation is 1. The van der Waals surface area contributed by atoms with Crippen LogP contribution in [0.4, 0.5) is 0 Å². The smallest absolute Gasteiger partial charge is 0.168 e. The lowest BCUT2D eigenvalue weighted by Gasteiger charge is -2.25. The maximum atomic E-state index is 13.1. The Kier molecular flexibility index (Phi) is 3.03. The summed E-state index contributed by atoms with van der Waals surface area (Å²) >= 11 is 0. The van der Waals surface area contributed by atoms with Gasteiger partial charge in [-0.2, -0.15) is 0 Å². The van der Waals surface area contributed by atoms with Crippen molar-refractivity contribution in [3.63, 3.8) is 0 Å². The van der Waals surface area contributed by atoms with Crippen LogP contribution in [-0.2, 0) is 11.3 Å². The van der Waals surface area contributed by atoms with Gasteiger partial charge in [0.15, 0.2) is 5.78 Å². The highest BCUT2D eigenvalue weighted by Crippen LogP contribution is 2.48. The zero-order valence-electron chi connectivity index (χ0n) is 13.0. The molecule has 0 aliphatic heterocycles. The summed E-state index contributed by atoms with van der Waals surface area (Å²) in [6, 6.07) is 8.39. The van der Waals surface area contributed by atoms with Gasteiger partial charge >= 0.3 is 0 Å². The minimum Gasteiger partial charge on any atom is -0.334 e. The second-order valence-corrected chi connectivity index (χ2v) is 6.44. The molecule has 1 aromatic carbocycles. The number of allylic oxidation sites excluding steroid dienone is 2. The van der Waals surface area contributed by atoms with E-state index in [-0.39, 0.29) is 5.92 Å². The van der Waals surface area contributed by atoms with Crippen LogP contribution in [0.2, 0.25) is 0 Å². The summed E-state index contributed by atoms with van der Waals surface area (Å²) in [5.41, 5.74) is 4.85. The van der Waals surface area contributed by atoms with E-state index in [1.54, 1.807) is 6.20 Å². The summed E-state index contributed by atoms with van der Waals surface area (Å²) in [4.78, 5) is 17.3. The Labute approximate surface area is 130 Å². The number of imidazole rings is 1. The number of rotatable bonds is 2. The van der Waals surface area contributed by atoms with Crippen LogP contribution in [0.3, 0.4) is 0 Å². The molecule has 1 aromatic heterocycles. The van der Waals surface area contributed by atoms with Gasteiger partial charge in [0.1, 0.15) is 5.82 Å². The normalized spacial score (nSPS) is 23.6. The van der Waals surface area contributed by atoms with Crippen molar-refractivity contribution >= 4 is 11.4 Å². The minimum absolute atomic E-state index is 0.0741. The van der Waals surface area contributed by atoms with Gasteiger partial charge in [0.2, 0.25) is 0 Å². The average molecular weight is 292 g/mol. The monoisotopic (exact) mass is 292 g/mol. The molecule has 0 amide bonds. The number of hydrogen-bond donors (Lipinski definition) is 0. The Bertz CT molecular complexity index is 784. The van der Waals surface area contributed by atoms with Crippen molar-refractivity contribution in [2.75, 3.05) is 0 Å². The molecule has 2 unspecified atom stereocenters. The van der Waals surface area contributed by atoms with Gasteiger partial charge in [0.25, 0.3) is 0 Å². The quantitative estimate of drug-likeness (QED) is 0.845. The highest BCUT2D eigenvalue weighted by atomic mass is 16.1. The molecule has 112 valence electrons. The molecule has 0 bridgehead atoms. The molecular weight excluding hydrogens is 272 g/mol.